The Morgan fingerprint density at radius 1 is 1.29 bits per heavy atom. The number of anilines is 2. The SMILES string of the molecule is COc1cc(C(C)Nc2cccnc2N(C)C)ccc1F. The van der Waals surface area contributed by atoms with Crippen LogP contribution in [0.5, 0.6) is 5.75 Å². The minimum Gasteiger partial charge on any atom is -0.494 e. The van der Waals surface area contributed by atoms with Crippen molar-refractivity contribution in [1.29, 1.82) is 0 Å². The zero-order chi connectivity index (χ0) is 15.4. The lowest BCUT2D eigenvalue weighted by molar-refractivity contribution is 0.385. The van der Waals surface area contributed by atoms with Crippen molar-refractivity contribution in [3.05, 3.63) is 47.9 Å². The van der Waals surface area contributed by atoms with Gasteiger partial charge in [-0.3, -0.25) is 0 Å². The van der Waals surface area contributed by atoms with Gasteiger partial charge < -0.3 is 15.0 Å². The van der Waals surface area contributed by atoms with Gasteiger partial charge in [0.2, 0.25) is 0 Å². The fraction of sp³-hybridized carbons (Fsp3) is 0.312. The third-order valence-electron chi connectivity index (χ3n) is 3.26. The van der Waals surface area contributed by atoms with Gasteiger partial charge in [-0.15, -0.1) is 0 Å². The number of nitrogens with zero attached hydrogens (tertiary/aromatic N) is 2. The largest absolute Gasteiger partial charge is 0.494 e. The molecule has 0 fully saturated rings. The van der Waals surface area contributed by atoms with Gasteiger partial charge in [-0.1, -0.05) is 6.07 Å². The predicted molar refractivity (Wildman–Crippen MR) is 83.6 cm³/mol. The molecular weight excluding hydrogens is 269 g/mol. The minimum atomic E-state index is -0.358. The molecule has 0 aliphatic rings. The van der Waals surface area contributed by atoms with Crippen molar-refractivity contribution in [3.8, 4) is 5.75 Å². The molecule has 0 saturated heterocycles. The molecule has 4 nitrogen and oxygen atoms in total. The van der Waals surface area contributed by atoms with Crippen LogP contribution in [0.2, 0.25) is 0 Å². The maximum atomic E-state index is 13.5. The molecule has 5 heteroatoms. The third-order valence-corrected chi connectivity index (χ3v) is 3.26. The molecule has 2 rings (SSSR count). The standard InChI is InChI=1S/C16H20FN3O/c1-11(12-7-8-13(17)15(10-12)21-4)19-14-6-5-9-18-16(14)20(2)3/h5-11,19H,1-4H3. The molecule has 1 aromatic heterocycles. The number of aromatic nitrogens is 1. The second kappa shape index (κ2) is 6.43. The first-order chi connectivity index (χ1) is 10.0. The molecule has 1 heterocycles. The zero-order valence-corrected chi connectivity index (χ0v) is 12.7. The number of pyridine rings is 1. The molecule has 0 bridgehead atoms. The fourth-order valence-electron chi connectivity index (χ4n) is 2.13. The van der Waals surface area contributed by atoms with E-state index in [2.05, 4.69) is 10.3 Å². The van der Waals surface area contributed by atoms with Crippen LogP contribution in [0.1, 0.15) is 18.5 Å². The molecule has 1 N–H and O–H groups in total. The van der Waals surface area contributed by atoms with Crippen LogP contribution >= 0.6 is 0 Å². The van der Waals surface area contributed by atoms with Gasteiger partial charge in [0.25, 0.3) is 0 Å². The van der Waals surface area contributed by atoms with E-state index in [1.165, 1.54) is 13.2 Å². The van der Waals surface area contributed by atoms with Crippen molar-refractivity contribution >= 4 is 11.5 Å². The van der Waals surface area contributed by atoms with Gasteiger partial charge in [0, 0.05) is 26.3 Å². The molecule has 2 aromatic rings. The molecule has 21 heavy (non-hydrogen) atoms. The second-order valence-electron chi connectivity index (χ2n) is 5.03. The van der Waals surface area contributed by atoms with Crippen molar-refractivity contribution < 1.29 is 9.13 Å². The first-order valence-corrected chi connectivity index (χ1v) is 6.75. The average molecular weight is 289 g/mol. The Bertz CT molecular complexity index is 616. The summed E-state index contributed by atoms with van der Waals surface area (Å²) in [5, 5.41) is 3.40. The first-order valence-electron chi connectivity index (χ1n) is 6.75. The molecule has 0 aliphatic heterocycles. The smallest absolute Gasteiger partial charge is 0.165 e. The highest BCUT2D eigenvalue weighted by Gasteiger charge is 2.12. The number of hydrogen-bond donors (Lipinski definition) is 1. The van der Waals surface area contributed by atoms with Crippen LogP contribution in [0, 0.1) is 5.82 Å². The van der Waals surface area contributed by atoms with Gasteiger partial charge in [0.1, 0.15) is 0 Å². The molecule has 1 unspecified atom stereocenters. The van der Waals surface area contributed by atoms with Gasteiger partial charge in [-0.2, -0.15) is 0 Å². The Labute approximate surface area is 124 Å². The third kappa shape index (κ3) is 3.42. The summed E-state index contributed by atoms with van der Waals surface area (Å²) in [6, 6.07) is 8.73. The summed E-state index contributed by atoms with van der Waals surface area (Å²) in [5.41, 5.74) is 1.88. The van der Waals surface area contributed by atoms with Gasteiger partial charge in [0.15, 0.2) is 17.4 Å². The maximum absolute atomic E-state index is 13.5. The summed E-state index contributed by atoms with van der Waals surface area (Å²) in [5.74, 6) is 0.752. The number of benzene rings is 1. The topological polar surface area (TPSA) is 37.4 Å². The van der Waals surface area contributed by atoms with Crippen molar-refractivity contribution in [1.82, 2.24) is 4.98 Å². The highest BCUT2D eigenvalue weighted by molar-refractivity contribution is 5.65. The minimum absolute atomic E-state index is 0.00222. The predicted octanol–water partition coefficient (Wildman–Crippen LogP) is 3.47. The van der Waals surface area contributed by atoms with E-state index in [0.717, 1.165) is 17.1 Å². The molecule has 1 aromatic carbocycles. The summed E-state index contributed by atoms with van der Waals surface area (Å²) in [6.07, 6.45) is 1.76. The lowest BCUT2D eigenvalue weighted by Gasteiger charge is -2.21. The van der Waals surface area contributed by atoms with Crippen LogP contribution in [-0.4, -0.2) is 26.2 Å². The highest BCUT2D eigenvalue weighted by atomic mass is 19.1. The summed E-state index contributed by atoms with van der Waals surface area (Å²) in [7, 11) is 5.35. The Hall–Kier alpha value is -2.30. The number of ether oxygens (including phenoxy) is 1. The lowest BCUT2D eigenvalue weighted by atomic mass is 10.1. The van der Waals surface area contributed by atoms with Crippen LogP contribution in [0.15, 0.2) is 36.5 Å². The molecule has 1 atom stereocenters. The molecular formula is C16H20FN3O. The maximum Gasteiger partial charge on any atom is 0.165 e. The van der Waals surface area contributed by atoms with Crippen molar-refractivity contribution in [2.24, 2.45) is 0 Å². The highest BCUT2D eigenvalue weighted by Crippen LogP contribution is 2.28. The number of methoxy groups -OCH3 is 1. The van der Waals surface area contributed by atoms with E-state index in [4.69, 9.17) is 4.74 Å². The molecule has 112 valence electrons. The van der Waals surface area contributed by atoms with E-state index in [-0.39, 0.29) is 17.6 Å². The normalized spacial score (nSPS) is 11.9. The van der Waals surface area contributed by atoms with Crippen LogP contribution in [0.25, 0.3) is 0 Å². The van der Waals surface area contributed by atoms with Gasteiger partial charge in [0.05, 0.1) is 12.8 Å². The first kappa shape index (κ1) is 15.1. The zero-order valence-electron chi connectivity index (χ0n) is 12.7. The number of hydrogen-bond acceptors (Lipinski definition) is 4. The van der Waals surface area contributed by atoms with E-state index in [9.17, 15) is 4.39 Å². The molecule has 0 radical (unpaired) electrons. The summed E-state index contributed by atoms with van der Waals surface area (Å²) >= 11 is 0. The van der Waals surface area contributed by atoms with E-state index < -0.39 is 0 Å². The van der Waals surface area contributed by atoms with Gasteiger partial charge in [-0.05, 0) is 36.8 Å². The van der Waals surface area contributed by atoms with Crippen LogP contribution < -0.4 is 15.0 Å². The van der Waals surface area contributed by atoms with Gasteiger partial charge in [-0.25, -0.2) is 9.37 Å². The summed E-state index contributed by atoms with van der Waals surface area (Å²) in [4.78, 5) is 6.30. The quantitative estimate of drug-likeness (QED) is 0.914. The van der Waals surface area contributed by atoms with Crippen LogP contribution in [0.3, 0.4) is 0 Å². The molecule has 0 saturated carbocycles. The molecule has 0 aliphatic carbocycles. The Balaban J connectivity index is 2.24. The van der Waals surface area contributed by atoms with E-state index in [1.807, 2.05) is 38.1 Å². The number of halogens is 1. The molecule has 0 amide bonds. The van der Waals surface area contributed by atoms with Crippen molar-refractivity contribution in [2.45, 2.75) is 13.0 Å². The van der Waals surface area contributed by atoms with Crippen molar-refractivity contribution in [3.63, 3.8) is 0 Å². The molecule has 0 spiro atoms. The van der Waals surface area contributed by atoms with Gasteiger partial charge >= 0.3 is 0 Å². The number of rotatable bonds is 5. The van der Waals surface area contributed by atoms with E-state index >= 15 is 0 Å². The van der Waals surface area contributed by atoms with Crippen LogP contribution in [-0.2, 0) is 0 Å². The van der Waals surface area contributed by atoms with Crippen molar-refractivity contribution in [2.75, 3.05) is 31.4 Å². The Kier molecular flexibility index (Phi) is 4.62. The summed E-state index contributed by atoms with van der Waals surface area (Å²) in [6.45, 7) is 2.01. The van der Waals surface area contributed by atoms with E-state index in [1.54, 1.807) is 18.3 Å². The van der Waals surface area contributed by atoms with E-state index in [0.29, 0.717) is 0 Å². The monoisotopic (exact) mass is 289 g/mol. The second-order valence-corrected chi connectivity index (χ2v) is 5.03. The Morgan fingerprint density at radius 2 is 2.05 bits per heavy atom. The number of nitrogens with one attached hydrogen (secondary N) is 1. The fourth-order valence-corrected chi connectivity index (χ4v) is 2.13. The van der Waals surface area contributed by atoms with Crippen LogP contribution in [0.4, 0.5) is 15.9 Å². The Morgan fingerprint density at radius 3 is 2.71 bits per heavy atom. The average Bonchev–Trinajstić information content (AvgIpc) is 2.48. The summed E-state index contributed by atoms with van der Waals surface area (Å²) < 4.78 is 18.5. The lowest BCUT2D eigenvalue weighted by Crippen LogP contribution is -2.15.